The molecule has 2 aromatic rings. The van der Waals surface area contributed by atoms with Crippen LogP contribution >= 0.6 is 15.9 Å². The average Bonchev–Trinajstić information content (AvgIpc) is 2.92. The Morgan fingerprint density at radius 1 is 1.25 bits per heavy atom. The molecular weight excluding hydrogens is 366 g/mol. The average molecular weight is 382 g/mol. The smallest absolute Gasteiger partial charge is 0.240 e. The molecule has 5 heteroatoms. The van der Waals surface area contributed by atoms with Gasteiger partial charge in [-0.2, -0.15) is 0 Å². The summed E-state index contributed by atoms with van der Waals surface area (Å²) < 4.78 is 1.01. The number of hydrogen-bond acceptors (Lipinski definition) is 3. The van der Waals surface area contributed by atoms with Gasteiger partial charge in [-0.15, -0.1) is 0 Å². The minimum absolute atomic E-state index is 0.308. The molecule has 1 fully saturated rings. The van der Waals surface area contributed by atoms with Gasteiger partial charge in [0.05, 0.1) is 5.69 Å². The molecule has 0 unspecified atom stereocenters. The molecule has 0 bridgehead atoms. The second-order valence-corrected chi connectivity index (χ2v) is 6.95. The van der Waals surface area contributed by atoms with Crippen LogP contribution in [0.1, 0.15) is 17.5 Å². The Morgan fingerprint density at radius 3 is 2.79 bits per heavy atom. The van der Waals surface area contributed by atoms with Crippen molar-refractivity contribution in [2.45, 2.75) is 19.0 Å². The molecule has 120 valence electrons. The Bertz CT molecular complexity index is 873. The van der Waals surface area contributed by atoms with Gasteiger partial charge in [0, 0.05) is 17.4 Å². The third-order valence-corrected chi connectivity index (χ3v) is 4.92. The molecule has 1 atom stereocenters. The number of halogens is 1. The number of amides is 1. The topological polar surface area (TPSA) is 58.7 Å². The van der Waals surface area contributed by atoms with Crippen LogP contribution < -0.4 is 5.73 Å². The van der Waals surface area contributed by atoms with Crippen molar-refractivity contribution in [3.05, 3.63) is 69.7 Å². The Labute approximate surface area is 148 Å². The molecule has 1 amide bonds. The summed E-state index contributed by atoms with van der Waals surface area (Å²) in [6.45, 7) is 0.646. The van der Waals surface area contributed by atoms with Gasteiger partial charge in [0.2, 0.25) is 5.91 Å². The maximum Gasteiger partial charge on any atom is 0.240 e. The number of carbonyl (C=O) groups is 1. The fourth-order valence-corrected chi connectivity index (χ4v) is 3.69. The van der Waals surface area contributed by atoms with Crippen LogP contribution in [-0.2, 0) is 11.3 Å². The van der Waals surface area contributed by atoms with Gasteiger partial charge < -0.3 is 10.6 Å². The summed E-state index contributed by atoms with van der Waals surface area (Å²) >= 11 is 3.49. The zero-order chi connectivity index (χ0) is 16.7. The highest BCUT2D eigenvalue weighted by atomic mass is 79.9. The molecule has 0 saturated carbocycles. The fourth-order valence-electron chi connectivity index (χ4n) is 3.28. The van der Waals surface area contributed by atoms with Crippen molar-refractivity contribution in [2.24, 2.45) is 10.7 Å². The highest BCUT2D eigenvalue weighted by Crippen LogP contribution is 2.37. The number of amidine groups is 1. The summed E-state index contributed by atoms with van der Waals surface area (Å²) in [7, 11) is 0. The Morgan fingerprint density at radius 2 is 2.04 bits per heavy atom. The zero-order valence-corrected chi connectivity index (χ0v) is 14.5. The van der Waals surface area contributed by atoms with Gasteiger partial charge in [0.1, 0.15) is 11.9 Å². The maximum atomic E-state index is 11.9. The Kier molecular flexibility index (Phi) is 3.73. The summed E-state index contributed by atoms with van der Waals surface area (Å²) in [5, 5.41) is 0. The number of hydrogen-bond donors (Lipinski definition) is 1. The summed E-state index contributed by atoms with van der Waals surface area (Å²) in [6.07, 6.45) is 2.69. The molecule has 2 heterocycles. The highest BCUT2D eigenvalue weighted by molar-refractivity contribution is 9.10. The van der Waals surface area contributed by atoms with Crippen LogP contribution in [-0.4, -0.2) is 22.7 Å². The van der Waals surface area contributed by atoms with E-state index >= 15 is 0 Å². The first-order chi connectivity index (χ1) is 11.6. The molecule has 0 aromatic heterocycles. The van der Waals surface area contributed by atoms with Crippen LogP contribution in [0.5, 0.6) is 0 Å². The fraction of sp³-hybridized carbons (Fsp3) is 0.158. The van der Waals surface area contributed by atoms with Crippen LogP contribution in [0.25, 0.3) is 6.08 Å². The van der Waals surface area contributed by atoms with E-state index in [0.717, 1.165) is 32.7 Å². The lowest BCUT2D eigenvalue weighted by Gasteiger charge is -2.28. The van der Waals surface area contributed by atoms with E-state index in [1.807, 2.05) is 53.4 Å². The first-order valence-electron chi connectivity index (χ1n) is 7.81. The molecular formula is C19H16BrN3O. The van der Waals surface area contributed by atoms with E-state index in [1.54, 1.807) is 0 Å². The van der Waals surface area contributed by atoms with Crippen molar-refractivity contribution in [1.82, 2.24) is 4.90 Å². The maximum absolute atomic E-state index is 11.9. The lowest BCUT2D eigenvalue weighted by molar-refractivity contribution is -0.121. The van der Waals surface area contributed by atoms with Crippen LogP contribution in [0.15, 0.2) is 63.6 Å². The van der Waals surface area contributed by atoms with Crippen molar-refractivity contribution in [3.8, 4) is 0 Å². The number of nitrogens with two attached hydrogens (primary N) is 1. The summed E-state index contributed by atoms with van der Waals surface area (Å²) in [5.74, 6) is 0.551. The minimum atomic E-state index is -0.342. The van der Waals surface area contributed by atoms with Gasteiger partial charge in [0.15, 0.2) is 0 Å². The summed E-state index contributed by atoms with van der Waals surface area (Å²) in [5.41, 5.74) is 9.84. The predicted molar refractivity (Wildman–Crippen MR) is 98.8 cm³/mol. The van der Waals surface area contributed by atoms with Gasteiger partial charge in [-0.25, -0.2) is 4.99 Å². The number of fused-ring (bicyclic) bond motifs is 2. The Balaban J connectivity index is 1.81. The quantitative estimate of drug-likeness (QED) is 0.862. The number of primary amides is 1. The van der Waals surface area contributed by atoms with Gasteiger partial charge >= 0.3 is 0 Å². The molecule has 24 heavy (non-hydrogen) atoms. The van der Waals surface area contributed by atoms with Gasteiger partial charge in [0.25, 0.3) is 0 Å². The largest absolute Gasteiger partial charge is 0.368 e. The first-order valence-corrected chi connectivity index (χ1v) is 8.60. The lowest BCUT2D eigenvalue weighted by Crippen LogP contribution is -2.42. The number of aliphatic imine (C=N–C) groups is 1. The molecule has 0 radical (unpaired) electrons. The van der Waals surface area contributed by atoms with E-state index < -0.39 is 0 Å². The van der Waals surface area contributed by atoms with Crippen molar-refractivity contribution < 1.29 is 4.79 Å². The minimum Gasteiger partial charge on any atom is -0.368 e. The van der Waals surface area contributed by atoms with E-state index in [1.165, 1.54) is 0 Å². The summed E-state index contributed by atoms with van der Waals surface area (Å²) in [4.78, 5) is 18.7. The van der Waals surface area contributed by atoms with Crippen LogP contribution in [0.2, 0.25) is 0 Å². The highest BCUT2D eigenvalue weighted by Gasteiger charge is 2.39. The van der Waals surface area contributed by atoms with Gasteiger partial charge in [-0.3, -0.25) is 4.79 Å². The molecule has 0 aliphatic carbocycles. The number of benzene rings is 2. The van der Waals surface area contributed by atoms with Crippen LogP contribution in [0, 0.1) is 0 Å². The van der Waals surface area contributed by atoms with E-state index in [2.05, 4.69) is 22.0 Å². The third kappa shape index (κ3) is 2.65. The first kappa shape index (κ1) is 15.1. The standard InChI is InChI=1S/C19H16BrN3O/c20-15-6-7-16-14(9-15)11-23-17(18(21)24)10-13(19(23)22-16)8-12-4-2-1-3-5-12/h1-9,17H,10-11H2,(H2,21,24)/b13-8-/t17-/m0/s1. The normalized spacial score (nSPS) is 20.5. The van der Waals surface area contributed by atoms with Crippen molar-refractivity contribution >= 4 is 39.4 Å². The number of rotatable bonds is 2. The molecule has 2 aliphatic heterocycles. The van der Waals surface area contributed by atoms with E-state index in [9.17, 15) is 4.79 Å². The second-order valence-electron chi connectivity index (χ2n) is 6.04. The molecule has 4 rings (SSSR count). The van der Waals surface area contributed by atoms with Crippen molar-refractivity contribution in [2.75, 3.05) is 0 Å². The van der Waals surface area contributed by atoms with Gasteiger partial charge in [-0.05, 0) is 41.0 Å². The Hall–Kier alpha value is -2.40. The third-order valence-electron chi connectivity index (χ3n) is 4.43. The number of carbonyl (C=O) groups excluding carboxylic acids is 1. The zero-order valence-electron chi connectivity index (χ0n) is 12.9. The van der Waals surface area contributed by atoms with E-state index in [0.29, 0.717) is 13.0 Å². The van der Waals surface area contributed by atoms with Crippen molar-refractivity contribution in [1.29, 1.82) is 0 Å². The monoisotopic (exact) mass is 381 g/mol. The lowest BCUT2D eigenvalue weighted by atomic mass is 10.1. The molecule has 2 aliphatic rings. The predicted octanol–water partition coefficient (Wildman–Crippen LogP) is 3.64. The SMILES string of the molecule is NC(=O)[C@@H]1C/C(=C/c2ccccc2)C2=Nc3ccc(Br)cc3CN21. The van der Waals surface area contributed by atoms with Gasteiger partial charge in [-0.1, -0.05) is 46.3 Å². The number of nitrogens with zero attached hydrogens (tertiary/aromatic N) is 2. The van der Waals surface area contributed by atoms with Crippen LogP contribution in [0.4, 0.5) is 5.69 Å². The van der Waals surface area contributed by atoms with Crippen molar-refractivity contribution in [3.63, 3.8) is 0 Å². The molecule has 4 nitrogen and oxygen atoms in total. The van der Waals surface area contributed by atoms with E-state index in [4.69, 9.17) is 10.7 Å². The molecule has 2 N–H and O–H groups in total. The summed E-state index contributed by atoms with van der Waals surface area (Å²) in [6, 6.07) is 15.8. The second kappa shape index (κ2) is 5.91. The molecule has 2 aromatic carbocycles. The molecule has 0 spiro atoms. The van der Waals surface area contributed by atoms with Crippen LogP contribution in [0.3, 0.4) is 0 Å². The molecule has 1 saturated heterocycles. The van der Waals surface area contributed by atoms with E-state index in [-0.39, 0.29) is 11.9 Å².